The molecule has 1 saturated carbocycles. The Morgan fingerprint density at radius 2 is 2.06 bits per heavy atom. The molecule has 5 heteroatoms. The highest BCUT2D eigenvalue weighted by Gasteiger charge is 2.24. The SMILES string of the molecule is CCSC1CCC(NCCS(=O)(=O)CC)C1. The predicted octanol–water partition coefficient (Wildman–Crippen LogP) is 1.68. The first-order valence-corrected chi connectivity index (χ1v) is 8.99. The molecule has 2 atom stereocenters. The van der Waals surface area contributed by atoms with Crippen molar-refractivity contribution >= 4 is 21.6 Å². The van der Waals surface area contributed by atoms with E-state index in [0.29, 0.717) is 12.6 Å². The third kappa shape index (κ3) is 5.06. The highest BCUT2D eigenvalue weighted by Crippen LogP contribution is 2.29. The van der Waals surface area contributed by atoms with Gasteiger partial charge in [-0.2, -0.15) is 11.8 Å². The van der Waals surface area contributed by atoms with E-state index in [1.165, 1.54) is 25.0 Å². The molecule has 1 rings (SSSR count). The van der Waals surface area contributed by atoms with Crippen LogP contribution < -0.4 is 5.32 Å². The molecule has 0 heterocycles. The Kier molecular flexibility index (Phi) is 6.15. The molecule has 0 spiro atoms. The summed E-state index contributed by atoms with van der Waals surface area (Å²) >= 11 is 2.03. The normalized spacial score (nSPS) is 26.1. The minimum atomic E-state index is -2.80. The third-order valence-electron chi connectivity index (χ3n) is 3.07. The largest absolute Gasteiger partial charge is 0.313 e. The molecule has 1 fully saturated rings. The van der Waals surface area contributed by atoms with Crippen LogP contribution in [0, 0.1) is 0 Å². The van der Waals surface area contributed by atoms with E-state index < -0.39 is 9.84 Å². The zero-order valence-electron chi connectivity index (χ0n) is 10.2. The van der Waals surface area contributed by atoms with E-state index in [0.717, 1.165) is 5.25 Å². The summed E-state index contributed by atoms with van der Waals surface area (Å²) in [6, 6.07) is 0.538. The van der Waals surface area contributed by atoms with Crippen LogP contribution in [0.15, 0.2) is 0 Å². The van der Waals surface area contributed by atoms with Gasteiger partial charge in [-0.25, -0.2) is 8.42 Å². The molecule has 0 aromatic carbocycles. The van der Waals surface area contributed by atoms with Gasteiger partial charge in [0.1, 0.15) is 0 Å². The van der Waals surface area contributed by atoms with E-state index in [-0.39, 0.29) is 11.5 Å². The van der Waals surface area contributed by atoms with Crippen molar-refractivity contribution in [1.82, 2.24) is 5.32 Å². The van der Waals surface area contributed by atoms with E-state index >= 15 is 0 Å². The Hall–Kier alpha value is 0.260. The molecule has 0 radical (unpaired) electrons. The van der Waals surface area contributed by atoms with Crippen LogP contribution in [0.25, 0.3) is 0 Å². The lowest BCUT2D eigenvalue weighted by molar-refractivity contribution is 0.537. The second-order valence-electron chi connectivity index (χ2n) is 4.28. The molecule has 0 aliphatic heterocycles. The molecule has 3 nitrogen and oxygen atoms in total. The van der Waals surface area contributed by atoms with Gasteiger partial charge in [0, 0.05) is 23.6 Å². The summed E-state index contributed by atoms with van der Waals surface area (Å²) in [5.74, 6) is 1.72. The average Bonchev–Trinajstić information content (AvgIpc) is 2.66. The van der Waals surface area contributed by atoms with Gasteiger partial charge in [-0.3, -0.25) is 0 Å². The quantitative estimate of drug-likeness (QED) is 0.761. The maximum atomic E-state index is 11.3. The van der Waals surface area contributed by atoms with Gasteiger partial charge in [-0.1, -0.05) is 13.8 Å². The van der Waals surface area contributed by atoms with Crippen molar-refractivity contribution in [3.8, 4) is 0 Å². The zero-order valence-corrected chi connectivity index (χ0v) is 11.9. The van der Waals surface area contributed by atoms with Gasteiger partial charge in [-0.05, 0) is 25.0 Å². The Balaban J connectivity index is 2.16. The Bertz CT molecular complexity index is 290. The monoisotopic (exact) mass is 265 g/mol. The zero-order chi connectivity index (χ0) is 12.0. The molecular weight excluding hydrogens is 242 g/mol. The molecular formula is C11H23NO2S2. The molecule has 0 saturated heterocycles. The van der Waals surface area contributed by atoms with Crippen molar-refractivity contribution in [3.63, 3.8) is 0 Å². The molecule has 0 amide bonds. The van der Waals surface area contributed by atoms with Crippen LogP contribution in [0.2, 0.25) is 0 Å². The molecule has 2 unspecified atom stereocenters. The van der Waals surface area contributed by atoms with E-state index in [1.807, 2.05) is 11.8 Å². The molecule has 96 valence electrons. The molecule has 0 bridgehead atoms. The van der Waals surface area contributed by atoms with E-state index in [9.17, 15) is 8.42 Å². The second kappa shape index (κ2) is 6.87. The Morgan fingerprint density at radius 3 is 2.69 bits per heavy atom. The number of nitrogens with one attached hydrogen (secondary N) is 1. The molecule has 1 N–H and O–H groups in total. The van der Waals surface area contributed by atoms with Crippen LogP contribution in [-0.2, 0) is 9.84 Å². The van der Waals surface area contributed by atoms with E-state index in [1.54, 1.807) is 6.92 Å². The van der Waals surface area contributed by atoms with Crippen molar-refractivity contribution in [2.75, 3.05) is 23.8 Å². The number of rotatable bonds is 7. The number of hydrogen-bond acceptors (Lipinski definition) is 4. The summed E-state index contributed by atoms with van der Waals surface area (Å²) in [5, 5.41) is 4.15. The van der Waals surface area contributed by atoms with Crippen LogP contribution in [0.5, 0.6) is 0 Å². The molecule has 0 aromatic heterocycles. The summed E-state index contributed by atoms with van der Waals surface area (Å²) in [5.41, 5.74) is 0. The van der Waals surface area contributed by atoms with Gasteiger partial charge < -0.3 is 5.32 Å². The molecule has 1 aliphatic rings. The van der Waals surface area contributed by atoms with Crippen LogP contribution in [-0.4, -0.2) is 43.5 Å². The van der Waals surface area contributed by atoms with Crippen LogP contribution >= 0.6 is 11.8 Å². The number of hydrogen-bond donors (Lipinski definition) is 1. The van der Waals surface area contributed by atoms with Gasteiger partial charge in [0.25, 0.3) is 0 Å². The second-order valence-corrected chi connectivity index (χ2v) is 8.33. The fourth-order valence-corrected chi connectivity index (χ4v) is 3.94. The van der Waals surface area contributed by atoms with Gasteiger partial charge in [0.15, 0.2) is 9.84 Å². The standard InChI is InChI=1S/C11H23NO2S2/c1-3-15-11-6-5-10(9-11)12-7-8-16(13,14)4-2/h10-12H,3-9H2,1-2H3. The Morgan fingerprint density at radius 1 is 1.31 bits per heavy atom. The fraction of sp³-hybridized carbons (Fsp3) is 1.00. The molecule has 0 aromatic rings. The van der Waals surface area contributed by atoms with Gasteiger partial charge in [0.05, 0.1) is 5.75 Å². The summed E-state index contributed by atoms with van der Waals surface area (Å²) in [4.78, 5) is 0. The lowest BCUT2D eigenvalue weighted by Gasteiger charge is -2.12. The first kappa shape index (κ1) is 14.3. The lowest BCUT2D eigenvalue weighted by atomic mass is 10.2. The van der Waals surface area contributed by atoms with Crippen molar-refractivity contribution in [1.29, 1.82) is 0 Å². The van der Waals surface area contributed by atoms with Crippen molar-refractivity contribution in [2.24, 2.45) is 0 Å². The minimum Gasteiger partial charge on any atom is -0.313 e. The van der Waals surface area contributed by atoms with E-state index in [4.69, 9.17) is 0 Å². The highest BCUT2D eigenvalue weighted by molar-refractivity contribution is 7.99. The fourth-order valence-electron chi connectivity index (χ4n) is 2.08. The first-order valence-electron chi connectivity index (χ1n) is 6.12. The maximum absolute atomic E-state index is 11.3. The van der Waals surface area contributed by atoms with Crippen molar-refractivity contribution in [3.05, 3.63) is 0 Å². The average molecular weight is 265 g/mol. The number of thioether (sulfide) groups is 1. The van der Waals surface area contributed by atoms with Gasteiger partial charge >= 0.3 is 0 Å². The summed E-state index contributed by atoms with van der Waals surface area (Å²) in [7, 11) is -2.80. The smallest absolute Gasteiger partial charge is 0.151 e. The first-order chi connectivity index (χ1) is 7.57. The molecule has 1 aliphatic carbocycles. The van der Waals surface area contributed by atoms with E-state index in [2.05, 4.69) is 12.2 Å². The van der Waals surface area contributed by atoms with Crippen LogP contribution in [0.4, 0.5) is 0 Å². The summed E-state index contributed by atoms with van der Waals surface area (Å²) in [6.45, 7) is 4.52. The maximum Gasteiger partial charge on any atom is 0.151 e. The lowest BCUT2D eigenvalue weighted by Crippen LogP contribution is -2.31. The Labute approximate surface area is 104 Å². The van der Waals surface area contributed by atoms with Crippen LogP contribution in [0.3, 0.4) is 0 Å². The third-order valence-corrected chi connectivity index (χ3v) is 6.01. The number of sulfone groups is 1. The van der Waals surface area contributed by atoms with Gasteiger partial charge in [0.2, 0.25) is 0 Å². The summed E-state index contributed by atoms with van der Waals surface area (Å²) in [6.07, 6.45) is 3.67. The predicted molar refractivity (Wildman–Crippen MR) is 71.9 cm³/mol. The van der Waals surface area contributed by atoms with Crippen molar-refractivity contribution < 1.29 is 8.42 Å². The molecule has 16 heavy (non-hydrogen) atoms. The van der Waals surface area contributed by atoms with Gasteiger partial charge in [-0.15, -0.1) is 0 Å². The van der Waals surface area contributed by atoms with Crippen molar-refractivity contribution in [2.45, 2.75) is 44.4 Å². The van der Waals surface area contributed by atoms with Crippen LogP contribution in [0.1, 0.15) is 33.1 Å². The highest BCUT2D eigenvalue weighted by atomic mass is 32.2. The summed E-state index contributed by atoms with van der Waals surface area (Å²) < 4.78 is 22.6. The minimum absolute atomic E-state index is 0.258. The topological polar surface area (TPSA) is 46.2 Å².